The minimum absolute atomic E-state index is 0.0241. The lowest BCUT2D eigenvalue weighted by Crippen LogP contribution is -2.67. The molecule has 6 aliphatic rings. The molecule has 2 saturated carbocycles. The molecule has 0 radical (unpaired) electrons. The van der Waals surface area contributed by atoms with Gasteiger partial charge in [0.05, 0.1) is 10.6 Å². The monoisotopic (exact) mass is 738 g/mol. The number of ether oxygens (including phenoxy) is 3. The number of fused-ring (bicyclic) bond motifs is 2. The van der Waals surface area contributed by atoms with Gasteiger partial charge in [0.1, 0.15) is 24.0 Å². The third-order valence-electron chi connectivity index (χ3n) is 12.3. The number of carbonyl (C=O) groups excluding carboxylic acids is 2. The van der Waals surface area contributed by atoms with Crippen LogP contribution in [0.1, 0.15) is 62.5 Å². The Balaban J connectivity index is 1.19. The van der Waals surface area contributed by atoms with E-state index in [1.807, 2.05) is 47.2 Å². The topological polar surface area (TPSA) is 118 Å². The van der Waals surface area contributed by atoms with Crippen LogP contribution in [0.4, 0.5) is 10.5 Å². The summed E-state index contributed by atoms with van der Waals surface area (Å²) in [6.07, 6.45) is 10.3. The Morgan fingerprint density at radius 3 is 2.61 bits per heavy atom. The first-order valence-corrected chi connectivity index (χ1v) is 20.3. The van der Waals surface area contributed by atoms with E-state index in [0.717, 1.165) is 56.1 Å². The highest BCUT2D eigenvalue weighted by atomic mass is 35.5. The zero-order valence-corrected chi connectivity index (χ0v) is 30.7. The number of hydrogen-bond donors (Lipinski definition) is 1. The molecular weight excluding hydrogens is 692 g/mol. The molecule has 1 N–H and O–H groups in total. The van der Waals surface area contributed by atoms with Crippen molar-refractivity contribution in [1.82, 2.24) is 14.5 Å². The SMILES string of the molecule is CN1C/C=C/[C@@H]2OC(=O)N(C3CCOCC3)C3C[C@@H](CN4CCCCc5cc(Cl)ccc5COc5ccc(cc54)S(=O)(=O)NC(=O)C14CCC4)[C@@H]32. The number of nitrogens with zero attached hydrogens (tertiary/aromatic N) is 3. The molecule has 1 unspecified atom stereocenters. The van der Waals surface area contributed by atoms with Crippen LogP contribution in [0, 0.1) is 11.8 Å². The lowest BCUT2D eigenvalue weighted by molar-refractivity contribution is -0.136. The number of anilines is 1. The molecule has 2 amide bonds. The number of carbonyl (C=O) groups is 2. The molecule has 11 nitrogen and oxygen atoms in total. The zero-order chi connectivity index (χ0) is 35.3. The molecule has 51 heavy (non-hydrogen) atoms. The maximum absolute atomic E-state index is 13.9. The summed E-state index contributed by atoms with van der Waals surface area (Å²) in [6.45, 7) is 3.30. The van der Waals surface area contributed by atoms with Crippen molar-refractivity contribution in [2.45, 2.75) is 93.0 Å². The van der Waals surface area contributed by atoms with E-state index < -0.39 is 27.6 Å². The average molecular weight is 739 g/mol. The van der Waals surface area contributed by atoms with Crippen LogP contribution in [0.3, 0.4) is 0 Å². The number of sulfonamides is 1. The van der Waals surface area contributed by atoms with E-state index in [0.29, 0.717) is 68.8 Å². The van der Waals surface area contributed by atoms with Crippen molar-refractivity contribution < 1.29 is 32.2 Å². The average Bonchev–Trinajstić information content (AvgIpc) is 3.10. The number of hydrogen-bond acceptors (Lipinski definition) is 9. The van der Waals surface area contributed by atoms with Gasteiger partial charge >= 0.3 is 6.09 Å². The molecule has 274 valence electrons. The van der Waals surface area contributed by atoms with E-state index in [1.165, 1.54) is 6.07 Å². The maximum atomic E-state index is 13.9. The fourth-order valence-electron chi connectivity index (χ4n) is 9.13. The van der Waals surface area contributed by atoms with Gasteiger partial charge in [-0.3, -0.25) is 9.69 Å². The van der Waals surface area contributed by atoms with E-state index in [2.05, 4.69) is 9.62 Å². The van der Waals surface area contributed by atoms with Crippen LogP contribution in [0.5, 0.6) is 5.75 Å². The van der Waals surface area contributed by atoms with Gasteiger partial charge in [-0.05, 0) is 118 Å². The second-order valence-electron chi connectivity index (χ2n) is 15.1. The molecule has 2 aromatic carbocycles. The lowest BCUT2D eigenvalue weighted by Gasteiger charge is -2.58. The highest BCUT2D eigenvalue weighted by Gasteiger charge is 2.56. The second kappa shape index (κ2) is 13.9. The van der Waals surface area contributed by atoms with Gasteiger partial charge in [-0.15, -0.1) is 0 Å². The van der Waals surface area contributed by atoms with Crippen LogP contribution in [0.2, 0.25) is 5.02 Å². The summed E-state index contributed by atoms with van der Waals surface area (Å²) in [4.78, 5) is 33.6. The minimum Gasteiger partial charge on any atom is -0.487 e. The fourth-order valence-corrected chi connectivity index (χ4v) is 10.4. The van der Waals surface area contributed by atoms with Crippen molar-refractivity contribution in [2.75, 3.05) is 44.8 Å². The quantitative estimate of drug-likeness (QED) is 0.390. The zero-order valence-electron chi connectivity index (χ0n) is 29.1. The normalized spacial score (nSPS) is 30.2. The number of aryl methyl sites for hydroxylation is 1. The molecule has 2 aliphatic carbocycles. The molecule has 8 rings (SSSR count). The maximum Gasteiger partial charge on any atom is 0.410 e. The van der Waals surface area contributed by atoms with Crippen LogP contribution in [0.15, 0.2) is 53.4 Å². The number of nitrogens with one attached hydrogen (secondary N) is 1. The summed E-state index contributed by atoms with van der Waals surface area (Å²) in [7, 11) is -2.34. The van der Waals surface area contributed by atoms with Crippen LogP contribution >= 0.6 is 11.6 Å². The largest absolute Gasteiger partial charge is 0.487 e. The molecule has 1 spiro atoms. The van der Waals surface area contributed by atoms with Gasteiger partial charge in [0.2, 0.25) is 0 Å². The highest BCUT2D eigenvalue weighted by Crippen LogP contribution is 2.48. The first kappa shape index (κ1) is 34.7. The lowest BCUT2D eigenvalue weighted by atomic mass is 9.64. The first-order chi connectivity index (χ1) is 24.6. The Kier molecular flexibility index (Phi) is 9.48. The fraction of sp³-hybridized carbons (Fsp3) is 0.579. The van der Waals surface area contributed by atoms with Crippen LogP contribution < -0.4 is 14.4 Å². The summed E-state index contributed by atoms with van der Waals surface area (Å²) < 4.78 is 48.7. The van der Waals surface area contributed by atoms with E-state index in [-0.39, 0.29) is 34.9 Å². The minimum atomic E-state index is -4.19. The predicted molar refractivity (Wildman–Crippen MR) is 192 cm³/mol. The molecule has 4 heterocycles. The first-order valence-electron chi connectivity index (χ1n) is 18.4. The van der Waals surface area contributed by atoms with E-state index in [4.69, 9.17) is 25.8 Å². The van der Waals surface area contributed by atoms with E-state index in [1.54, 1.807) is 12.1 Å². The number of halogens is 1. The number of likely N-dealkylation sites (N-methyl/N-ethyl adjacent to an activating group) is 1. The summed E-state index contributed by atoms with van der Waals surface area (Å²) in [5, 5.41) is 0.687. The molecule has 13 heteroatoms. The highest BCUT2D eigenvalue weighted by molar-refractivity contribution is 7.90. The molecule has 4 atom stereocenters. The molecule has 2 saturated heterocycles. The van der Waals surface area contributed by atoms with Crippen molar-refractivity contribution in [3.05, 3.63) is 64.7 Å². The van der Waals surface area contributed by atoms with Crippen LogP contribution in [0.25, 0.3) is 0 Å². The molecular formula is C38H47ClN4O7S. The van der Waals surface area contributed by atoms with Gasteiger partial charge in [-0.1, -0.05) is 23.7 Å². The summed E-state index contributed by atoms with van der Waals surface area (Å²) in [6, 6.07) is 10.9. The third kappa shape index (κ3) is 6.51. The summed E-state index contributed by atoms with van der Waals surface area (Å²) >= 11 is 6.38. The summed E-state index contributed by atoms with van der Waals surface area (Å²) in [5.41, 5.74) is 1.92. The Morgan fingerprint density at radius 2 is 1.82 bits per heavy atom. The number of benzene rings is 2. The molecule has 2 aromatic rings. The van der Waals surface area contributed by atoms with Crippen LogP contribution in [-0.2, 0) is 37.3 Å². The Hall–Kier alpha value is -3.32. The van der Waals surface area contributed by atoms with Crippen LogP contribution in [-0.4, -0.2) is 93.8 Å². The van der Waals surface area contributed by atoms with Crippen molar-refractivity contribution in [3.8, 4) is 5.75 Å². The van der Waals surface area contributed by atoms with Gasteiger partial charge in [-0.2, -0.15) is 0 Å². The molecule has 2 bridgehead atoms. The smallest absolute Gasteiger partial charge is 0.410 e. The van der Waals surface area contributed by atoms with E-state index in [9.17, 15) is 18.0 Å². The van der Waals surface area contributed by atoms with Gasteiger partial charge in [-0.25, -0.2) is 17.9 Å². The number of rotatable bonds is 1. The Bertz CT molecular complexity index is 1810. The standard InChI is InChI=1S/C38H47ClN4O7S/c1-41-16-4-7-34-35-27(21-32(35)43(37(45)50-34)29-12-18-48-19-13-29)23-42-17-3-2-6-25-20-28(39)9-8-26(25)24-49-33-11-10-30(22-31(33)42)51(46,47)40-36(44)38(41)14-5-15-38/h4,7-11,20,22,27,29,32,34-35H,2-3,5-6,12-19,21,23-24H2,1H3,(H,40,44)/b7-4+/t27-,32?,34-,35-/m0/s1. The van der Waals surface area contributed by atoms with E-state index >= 15 is 0 Å². The van der Waals surface area contributed by atoms with Crippen molar-refractivity contribution in [2.24, 2.45) is 11.8 Å². The summed E-state index contributed by atoms with van der Waals surface area (Å²) in [5.74, 6) is 0.289. The van der Waals surface area contributed by atoms with Crippen molar-refractivity contribution in [3.63, 3.8) is 0 Å². The van der Waals surface area contributed by atoms with Crippen molar-refractivity contribution in [1.29, 1.82) is 0 Å². The van der Waals surface area contributed by atoms with Gasteiger partial charge in [0, 0.05) is 55.9 Å². The predicted octanol–water partition coefficient (Wildman–Crippen LogP) is 5.30. The van der Waals surface area contributed by atoms with Gasteiger partial charge in [0.15, 0.2) is 0 Å². The molecule has 0 aromatic heterocycles. The Labute approximate surface area is 305 Å². The number of amides is 2. The van der Waals surface area contributed by atoms with Crippen molar-refractivity contribution >= 4 is 39.3 Å². The third-order valence-corrected chi connectivity index (χ3v) is 13.8. The Morgan fingerprint density at radius 1 is 1.00 bits per heavy atom. The molecule has 4 aliphatic heterocycles. The second-order valence-corrected chi connectivity index (χ2v) is 17.2. The van der Waals surface area contributed by atoms with Gasteiger partial charge < -0.3 is 24.0 Å². The molecule has 4 fully saturated rings. The van der Waals surface area contributed by atoms with Gasteiger partial charge in [0.25, 0.3) is 15.9 Å².